The zero-order valence-corrected chi connectivity index (χ0v) is 13.3. The molecule has 0 aromatic heterocycles. The molecule has 1 aliphatic rings. The summed E-state index contributed by atoms with van der Waals surface area (Å²) in [6.07, 6.45) is 2.40. The molecule has 0 radical (unpaired) electrons. The predicted octanol–water partition coefficient (Wildman–Crippen LogP) is 2.54. The third kappa shape index (κ3) is 5.25. The Morgan fingerprint density at radius 2 is 2.04 bits per heavy atom. The normalized spacial score (nSPS) is 20.2. The van der Waals surface area contributed by atoms with Crippen LogP contribution in [0, 0.1) is 11.8 Å². The molecule has 6 heteroatoms. The highest BCUT2D eigenvalue weighted by atomic mass is 16.5. The number of benzene rings is 1. The van der Waals surface area contributed by atoms with E-state index in [9.17, 15) is 9.59 Å². The van der Waals surface area contributed by atoms with Crippen LogP contribution in [0.3, 0.4) is 0 Å². The van der Waals surface area contributed by atoms with Gasteiger partial charge in [-0.05, 0) is 31.4 Å². The number of carbonyl (C=O) groups is 2. The van der Waals surface area contributed by atoms with Gasteiger partial charge in [-0.25, -0.2) is 0 Å². The Labute approximate surface area is 135 Å². The standard InChI is InChI=1S/C17H23NO5/c1-22-8-3-9-23-15-5-2-4-14(11-15)18-16(19)12-6-7-13(10-12)17(20)21/h2,4-5,11-13H,3,6-10H2,1H3,(H,18,19)(H,20,21)/t12-,13+/m1/s1. The molecule has 1 aliphatic carbocycles. The lowest BCUT2D eigenvalue weighted by Crippen LogP contribution is -2.21. The van der Waals surface area contributed by atoms with Gasteiger partial charge in [0, 0.05) is 37.8 Å². The van der Waals surface area contributed by atoms with E-state index in [1.165, 1.54) is 0 Å². The molecule has 2 N–H and O–H groups in total. The molecule has 0 unspecified atom stereocenters. The summed E-state index contributed by atoms with van der Waals surface area (Å²) in [7, 11) is 1.65. The Morgan fingerprint density at radius 1 is 1.26 bits per heavy atom. The van der Waals surface area contributed by atoms with Gasteiger partial charge >= 0.3 is 5.97 Å². The Bertz CT molecular complexity index is 546. The lowest BCUT2D eigenvalue weighted by molar-refractivity contribution is -0.141. The molecule has 1 fully saturated rings. The lowest BCUT2D eigenvalue weighted by atomic mass is 10.0. The van der Waals surface area contributed by atoms with Crippen LogP contribution < -0.4 is 10.1 Å². The SMILES string of the molecule is COCCCOc1cccc(NC(=O)[C@@H]2CC[C@H](C(=O)O)C2)c1. The minimum Gasteiger partial charge on any atom is -0.493 e. The fourth-order valence-electron chi connectivity index (χ4n) is 2.75. The number of nitrogens with one attached hydrogen (secondary N) is 1. The molecule has 0 bridgehead atoms. The fourth-order valence-corrected chi connectivity index (χ4v) is 2.75. The van der Waals surface area contributed by atoms with Crippen LogP contribution in [0.15, 0.2) is 24.3 Å². The van der Waals surface area contributed by atoms with Gasteiger partial charge in [-0.2, -0.15) is 0 Å². The van der Waals surface area contributed by atoms with Crippen molar-refractivity contribution in [2.75, 3.05) is 25.6 Å². The number of anilines is 1. The van der Waals surface area contributed by atoms with Gasteiger partial charge in [0.25, 0.3) is 0 Å². The number of hydrogen-bond donors (Lipinski definition) is 2. The monoisotopic (exact) mass is 321 g/mol. The average molecular weight is 321 g/mol. The highest BCUT2D eigenvalue weighted by Crippen LogP contribution is 2.32. The highest BCUT2D eigenvalue weighted by molar-refractivity contribution is 5.93. The molecule has 6 nitrogen and oxygen atoms in total. The number of amides is 1. The van der Waals surface area contributed by atoms with E-state index < -0.39 is 11.9 Å². The number of ether oxygens (including phenoxy) is 2. The third-order valence-corrected chi connectivity index (χ3v) is 4.02. The van der Waals surface area contributed by atoms with E-state index in [4.69, 9.17) is 14.6 Å². The smallest absolute Gasteiger partial charge is 0.306 e. The first kappa shape index (κ1) is 17.3. The zero-order chi connectivity index (χ0) is 16.7. The Balaban J connectivity index is 1.85. The minimum absolute atomic E-state index is 0.120. The molecule has 1 aromatic rings. The number of carboxylic acids is 1. The summed E-state index contributed by atoms with van der Waals surface area (Å²) < 4.78 is 10.6. The summed E-state index contributed by atoms with van der Waals surface area (Å²) in [4.78, 5) is 23.2. The molecular formula is C17H23NO5. The molecular weight excluding hydrogens is 298 g/mol. The van der Waals surface area contributed by atoms with Crippen molar-refractivity contribution in [3.8, 4) is 5.75 Å². The maximum atomic E-state index is 12.2. The van der Waals surface area contributed by atoms with Crippen LogP contribution in [0.25, 0.3) is 0 Å². The van der Waals surface area contributed by atoms with Crippen molar-refractivity contribution in [2.45, 2.75) is 25.7 Å². The van der Waals surface area contributed by atoms with E-state index in [0.717, 1.165) is 6.42 Å². The molecule has 23 heavy (non-hydrogen) atoms. The van der Waals surface area contributed by atoms with Crippen LogP contribution >= 0.6 is 0 Å². The van der Waals surface area contributed by atoms with Crippen molar-refractivity contribution >= 4 is 17.6 Å². The molecule has 0 saturated heterocycles. The molecule has 0 spiro atoms. The number of hydrogen-bond acceptors (Lipinski definition) is 4. The van der Waals surface area contributed by atoms with Crippen molar-refractivity contribution in [2.24, 2.45) is 11.8 Å². The van der Waals surface area contributed by atoms with Gasteiger partial charge in [0.1, 0.15) is 5.75 Å². The molecule has 126 valence electrons. The Morgan fingerprint density at radius 3 is 2.74 bits per heavy atom. The average Bonchev–Trinajstić information content (AvgIpc) is 3.02. The molecule has 1 aromatic carbocycles. The summed E-state index contributed by atoms with van der Waals surface area (Å²) in [5.74, 6) is -0.880. The van der Waals surface area contributed by atoms with Crippen molar-refractivity contribution in [3.05, 3.63) is 24.3 Å². The van der Waals surface area contributed by atoms with E-state index in [0.29, 0.717) is 43.9 Å². The first-order valence-electron chi connectivity index (χ1n) is 7.85. The first-order chi connectivity index (χ1) is 11.1. The summed E-state index contributed by atoms with van der Waals surface area (Å²) in [5.41, 5.74) is 0.665. The van der Waals surface area contributed by atoms with Gasteiger partial charge < -0.3 is 19.9 Å². The Kier molecular flexibility index (Phi) is 6.40. The van der Waals surface area contributed by atoms with Gasteiger partial charge in [-0.15, -0.1) is 0 Å². The van der Waals surface area contributed by atoms with Crippen molar-refractivity contribution < 1.29 is 24.2 Å². The molecule has 1 saturated carbocycles. The van der Waals surface area contributed by atoms with Crippen LogP contribution in [0.4, 0.5) is 5.69 Å². The van der Waals surface area contributed by atoms with Crippen molar-refractivity contribution in [1.29, 1.82) is 0 Å². The minimum atomic E-state index is -0.813. The maximum absolute atomic E-state index is 12.2. The summed E-state index contributed by atoms with van der Waals surface area (Å²) in [5, 5.41) is 11.9. The van der Waals surface area contributed by atoms with Gasteiger partial charge in [0.15, 0.2) is 0 Å². The van der Waals surface area contributed by atoms with Gasteiger partial charge in [0.05, 0.1) is 12.5 Å². The summed E-state index contributed by atoms with van der Waals surface area (Å²) >= 11 is 0. The van der Waals surface area contributed by atoms with Crippen LogP contribution in [-0.2, 0) is 14.3 Å². The maximum Gasteiger partial charge on any atom is 0.306 e. The summed E-state index contributed by atoms with van der Waals surface area (Å²) in [6.45, 7) is 1.19. The second kappa shape index (κ2) is 8.53. The molecule has 2 rings (SSSR count). The first-order valence-corrected chi connectivity index (χ1v) is 7.85. The van der Waals surface area contributed by atoms with Crippen molar-refractivity contribution in [3.63, 3.8) is 0 Å². The fraction of sp³-hybridized carbons (Fsp3) is 0.529. The van der Waals surface area contributed by atoms with Crippen LogP contribution in [0.5, 0.6) is 5.75 Å². The molecule has 1 amide bonds. The highest BCUT2D eigenvalue weighted by Gasteiger charge is 2.33. The van der Waals surface area contributed by atoms with E-state index >= 15 is 0 Å². The van der Waals surface area contributed by atoms with Crippen LogP contribution in [0.1, 0.15) is 25.7 Å². The zero-order valence-electron chi connectivity index (χ0n) is 13.3. The van der Waals surface area contributed by atoms with Crippen molar-refractivity contribution in [1.82, 2.24) is 0 Å². The number of carboxylic acid groups (broad SMARTS) is 1. The van der Waals surface area contributed by atoms with E-state index in [-0.39, 0.29) is 11.8 Å². The van der Waals surface area contributed by atoms with Gasteiger partial charge in [-0.1, -0.05) is 6.07 Å². The number of methoxy groups -OCH3 is 1. The number of rotatable bonds is 8. The predicted molar refractivity (Wildman–Crippen MR) is 85.5 cm³/mol. The second-order valence-electron chi connectivity index (χ2n) is 5.76. The quantitative estimate of drug-likeness (QED) is 0.719. The van der Waals surface area contributed by atoms with Gasteiger partial charge in [0.2, 0.25) is 5.91 Å². The van der Waals surface area contributed by atoms with E-state index in [1.807, 2.05) is 12.1 Å². The van der Waals surface area contributed by atoms with Crippen LogP contribution in [-0.4, -0.2) is 37.3 Å². The molecule has 2 atom stereocenters. The van der Waals surface area contributed by atoms with E-state index in [2.05, 4.69) is 5.32 Å². The van der Waals surface area contributed by atoms with Gasteiger partial charge in [-0.3, -0.25) is 9.59 Å². The van der Waals surface area contributed by atoms with E-state index in [1.54, 1.807) is 19.2 Å². The number of aliphatic carboxylic acids is 1. The lowest BCUT2D eigenvalue weighted by Gasteiger charge is -2.12. The summed E-state index contributed by atoms with van der Waals surface area (Å²) in [6, 6.07) is 7.21. The molecule has 0 aliphatic heterocycles. The third-order valence-electron chi connectivity index (χ3n) is 4.02. The largest absolute Gasteiger partial charge is 0.493 e. The number of carbonyl (C=O) groups excluding carboxylic acids is 1. The topological polar surface area (TPSA) is 84.9 Å². The second-order valence-corrected chi connectivity index (χ2v) is 5.76. The Hall–Kier alpha value is -2.08. The van der Waals surface area contributed by atoms with Crippen LogP contribution in [0.2, 0.25) is 0 Å². The molecule has 0 heterocycles.